The Morgan fingerprint density at radius 1 is 1.24 bits per heavy atom. The highest BCUT2D eigenvalue weighted by Gasteiger charge is 2.45. The number of carboxylic acid groups (broad SMARTS) is 1. The van der Waals surface area contributed by atoms with Crippen molar-refractivity contribution in [3.8, 4) is 0 Å². The third kappa shape index (κ3) is 5.98. The van der Waals surface area contributed by atoms with Gasteiger partial charge in [-0.2, -0.15) is 0 Å². The van der Waals surface area contributed by atoms with Crippen LogP contribution in [0.15, 0.2) is 0 Å². The number of fused-ring (bicyclic) bond motifs is 1. The number of nitrogens with one attached hydrogen (secondary N) is 2. The molecule has 3 saturated heterocycles. The Morgan fingerprint density at radius 3 is 2.86 bits per heavy atom. The van der Waals surface area contributed by atoms with Crippen molar-refractivity contribution in [1.82, 2.24) is 15.5 Å². The highest BCUT2D eigenvalue weighted by molar-refractivity contribution is 5.79. The predicted molar refractivity (Wildman–Crippen MR) is 109 cm³/mol. The zero-order valence-corrected chi connectivity index (χ0v) is 17.6. The zero-order chi connectivity index (χ0) is 20.8. The van der Waals surface area contributed by atoms with Crippen molar-refractivity contribution in [1.29, 1.82) is 0 Å². The molecule has 0 aromatic heterocycles. The number of likely N-dealkylation sites (tertiary alicyclic amines) is 1. The van der Waals surface area contributed by atoms with Gasteiger partial charge in [0.1, 0.15) is 0 Å². The predicted octanol–water partition coefficient (Wildman–Crippen LogP) is 1.58. The van der Waals surface area contributed by atoms with E-state index in [1.54, 1.807) is 6.92 Å². The van der Waals surface area contributed by atoms with Crippen molar-refractivity contribution in [2.45, 2.75) is 70.5 Å². The highest BCUT2D eigenvalue weighted by atomic mass is 16.4. The van der Waals surface area contributed by atoms with Gasteiger partial charge in [0.25, 0.3) is 6.17 Å². The summed E-state index contributed by atoms with van der Waals surface area (Å²) >= 11 is 0. The van der Waals surface area contributed by atoms with Crippen molar-refractivity contribution >= 4 is 11.9 Å². The van der Waals surface area contributed by atoms with Gasteiger partial charge in [-0.25, -0.2) is 0 Å². The topological polar surface area (TPSA) is 102 Å². The molecule has 8 heteroatoms. The third-order valence-electron chi connectivity index (χ3n) is 6.95. The molecule has 29 heavy (non-hydrogen) atoms. The van der Waals surface area contributed by atoms with E-state index in [2.05, 4.69) is 15.5 Å². The van der Waals surface area contributed by atoms with Crippen LogP contribution in [-0.4, -0.2) is 71.6 Å². The lowest BCUT2D eigenvalue weighted by Crippen LogP contribution is -2.54. The first-order chi connectivity index (χ1) is 14.0. The molecule has 0 bridgehead atoms. The molecule has 0 aromatic rings. The van der Waals surface area contributed by atoms with E-state index in [0.717, 1.165) is 64.7 Å². The van der Waals surface area contributed by atoms with Gasteiger partial charge in [-0.3, -0.25) is 14.9 Å². The second-order valence-corrected chi connectivity index (χ2v) is 9.16. The van der Waals surface area contributed by atoms with E-state index in [4.69, 9.17) is 5.11 Å². The van der Waals surface area contributed by atoms with Crippen LogP contribution in [0.2, 0.25) is 0 Å². The number of amides is 1. The Morgan fingerprint density at radius 2 is 2.07 bits per heavy atom. The molecule has 5 atom stereocenters. The second kappa shape index (κ2) is 10.5. The van der Waals surface area contributed by atoms with Crippen molar-refractivity contribution in [2.24, 2.45) is 17.8 Å². The van der Waals surface area contributed by atoms with Gasteiger partial charge in [0.2, 0.25) is 11.9 Å². The van der Waals surface area contributed by atoms with Crippen molar-refractivity contribution in [3.05, 3.63) is 4.91 Å². The van der Waals surface area contributed by atoms with Gasteiger partial charge in [-0.15, -0.1) is 0 Å². The molecule has 0 aromatic carbocycles. The summed E-state index contributed by atoms with van der Waals surface area (Å²) in [6.07, 6.45) is 8.25. The fraction of sp³-hybridized carbons (Fsp3) is 0.905. The Balaban J connectivity index is 1.38. The number of hydrogen-bond donors (Lipinski definition) is 3. The summed E-state index contributed by atoms with van der Waals surface area (Å²) in [6.45, 7) is 5.38. The number of nitroso groups, excluding NO2 is 1. The molecular weight excluding hydrogens is 372 g/mol. The van der Waals surface area contributed by atoms with E-state index in [0.29, 0.717) is 5.92 Å². The van der Waals surface area contributed by atoms with E-state index >= 15 is 0 Å². The minimum Gasteiger partial charge on any atom is -0.481 e. The molecular formula is C21H37N4O4+. The van der Waals surface area contributed by atoms with Crippen molar-refractivity contribution < 1.29 is 19.5 Å². The lowest BCUT2D eigenvalue weighted by Gasteiger charge is -2.34. The average molecular weight is 410 g/mol. The molecule has 1 amide bonds. The van der Waals surface area contributed by atoms with Crippen LogP contribution in [-0.2, 0) is 9.59 Å². The first-order valence-corrected chi connectivity index (χ1v) is 11.4. The molecule has 3 heterocycles. The van der Waals surface area contributed by atoms with Gasteiger partial charge in [-0.1, -0.05) is 6.92 Å². The first-order valence-electron chi connectivity index (χ1n) is 11.4. The summed E-state index contributed by atoms with van der Waals surface area (Å²) in [4.78, 5) is 38.3. The van der Waals surface area contributed by atoms with E-state index in [-0.39, 0.29) is 30.6 Å². The van der Waals surface area contributed by atoms with Crippen LogP contribution in [0.4, 0.5) is 0 Å². The summed E-state index contributed by atoms with van der Waals surface area (Å²) in [5, 5.41) is 15.1. The molecule has 4 unspecified atom stereocenters. The van der Waals surface area contributed by atoms with Crippen LogP contribution in [0.3, 0.4) is 0 Å². The summed E-state index contributed by atoms with van der Waals surface area (Å²) in [5.74, 6) is -1.04. The monoisotopic (exact) mass is 409 g/mol. The second-order valence-electron chi connectivity index (χ2n) is 9.16. The van der Waals surface area contributed by atoms with Crippen molar-refractivity contribution in [3.63, 3.8) is 0 Å². The highest BCUT2D eigenvalue weighted by Crippen LogP contribution is 2.31. The minimum absolute atomic E-state index is 0.0127. The van der Waals surface area contributed by atoms with Crippen LogP contribution in [0.5, 0.6) is 0 Å². The molecule has 0 spiro atoms. The number of carbonyl (C=O) groups is 2. The molecule has 8 nitrogen and oxygen atoms in total. The smallest absolute Gasteiger partial charge is 0.308 e. The number of carboxylic acids is 1. The SMILES string of the molecule is CC(CNC(=O)[C@@H]1CCCN(CCCC2CCC3CCCNC3[N+]2=O)C1)C(=O)O. The molecule has 3 fully saturated rings. The summed E-state index contributed by atoms with van der Waals surface area (Å²) < 4.78 is 1.34. The maximum Gasteiger partial charge on any atom is 0.308 e. The average Bonchev–Trinajstić information content (AvgIpc) is 2.73. The Hall–Kier alpha value is -1.54. The Kier molecular flexibility index (Phi) is 8.00. The number of hydrogen-bond acceptors (Lipinski definition) is 5. The third-order valence-corrected chi connectivity index (χ3v) is 6.95. The summed E-state index contributed by atoms with van der Waals surface area (Å²) in [6, 6.07) is 0.114. The molecule has 164 valence electrons. The molecule has 0 radical (unpaired) electrons. The molecule has 3 N–H and O–H groups in total. The van der Waals surface area contributed by atoms with Gasteiger partial charge in [-0.05, 0) is 51.6 Å². The van der Waals surface area contributed by atoms with Crippen LogP contribution in [0, 0.1) is 22.7 Å². The van der Waals surface area contributed by atoms with E-state index in [1.807, 2.05) is 0 Å². The molecule has 3 aliphatic rings. The van der Waals surface area contributed by atoms with Gasteiger partial charge >= 0.3 is 5.97 Å². The molecule has 0 aliphatic carbocycles. The lowest BCUT2D eigenvalue weighted by molar-refractivity contribution is -0.647. The standard InChI is InChI=1S/C21H36N4O4/c1-15(21(27)28)13-23-20(26)17-6-3-11-24(14-17)12-4-7-18-9-8-16-5-2-10-22-19(16)25(18)29/h15-19,22H,2-14H2,1H3,(H-,23,26,27,28)/p+1/t15?,16?,17-,18?,19?/m1/s1. The number of carbonyl (C=O) groups excluding carboxylic acids is 1. The summed E-state index contributed by atoms with van der Waals surface area (Å²) in [5.41, 5.74) is 0. The normalized spacial score (nSPS) is 31.7. The molecule has 3 aliphatic heterocycles. The number of piperidine rings is 3. The van der Waals surface area contributed by atoms with Gasteiger partial charge in [0, 0.05) is 48.1 Å². The largest absolute Gasteiger partial charge is 0.481 e. The van der Waals surface area contributed by atoms with Crippen LogP contribution in [0.1, 0.15) is 58.3 Å². The first kappa shape index (κ1) is 22.2. The summed E-state index contributed by atoms with van der Waals surface area (Å²) in [7, 11) is 0. The fourth-order valence-corrected chi connectivity index (χ4v) is 5.08. The van der Waals surface area contributed by atoms with Gasteiger partial charge < -0.3 is 15.3 Å². The van der Waals surface area contributed by atoms with Crippen LogP contribution >= 0.6 is 0 Å². The Bertz CT molecular complexity index is 599. The lowest BCUT2D eigenvalue weighted by atomic mass is 9.84. The van der Waals surface area contributed by atoms with E-state index < -0.39 is 11.9 Å². The number of rotatable bonds is 8. The number of aliphatic carboxylic acids is 1. The minimum atomic E-state index is -0.888. The molecule has 0 saturated carbocycles. The quantitative estimate of drug-likeness (QED) is 0.526. The van der Waals surface area contributed by atoms with Gasteiger partial charge in [0.05, 0.1) is 11.8 Å². The maximum atomic E-state index is 12.7. The molecule has 3 rings (SSSR count). The van der Waals surface area contributed by atoms with Crippen LogP contribution in [0.25, 0.3) is 0 Å². The van der Waals surface area contributed by atoms with Crippen LogP contribution < -0.4 is 10.6 Å². The fourth-order valence-electron chi connectivity index (χ4n) is 5.08. The number of nitrogens with zero attached hydrogens (tertiary/aromatic N) is 2. The van der Waals surface area contributed by atoms with Gasteiger partial charge in [0.15, 0.2) is 0 Å². The Labute approximate surface area is 173 Å². The zero-order valence-electron chi connectivity index (χ0n) is 17.6. The van der Waals surface area contributed by atoms with E-state index in [9.17, 15) is 14.5 Å². The van der Waals surface area contributed by atoms with Crippen molar-refractivity contribution in [2.75, 3.05) is 32.7 Å². The maximum absolute atomic E-state index is 12.7. The van der Waals surface area contributed by atoms with E-state index in [1.165, 1.54) is 17.6 Å².